The van der Waals surface area contributed by atoms with E-state index in [0.29, 0.717) is 13.0 Å². The second-order valence-electron chi connectivity index (χ2n) is 5.30. The summed E-state index contributed by atoms with van der Waals surface area (Å²) >= 11 is 0. The Kier molecular flexibility index (Phi) is 3.54. The summed E-state index contributed by atoms with van der Waals surface area (Å²) in [4.78, 5) is 18.6. The third-order valence-electron chi connectivity index (χ3n) is 3.93. The number of aromatic nitrogens is 2. The van der Waals surface area contributed by atoms with Crippen LogP contribution in [0, 0.1) is 0 Å². The van der Waals surface area contributed by atoms with Crippen LogP contribution >= 0.6 is 0 Å². The predicted molar refractivity (Wildman–Crippen MR) is 77.1 cm³/mol. The molecular weight excluding hydrogens is 250 g/mol. The maximum absolute atomic E-state index is 12.3. The maximum atomic E-state index is 12.3. The first kappa shape index (κ1) is 12.9. The Bertz CT molecular complexity index is 603. The van der Waals surface area contributed by atoms with Crippen molar-refractivity contribution in [3.05, 3.63) is 53.6 Å². The first-order valence-corrected chi connectivity index (χ1v) is 7.05. The van der Waals surface area contributed by atoms with Crippen LogP contribution in [0.5, 0.6) is 0 Å². The van der Waals surface area contributed by atoms with Gasteiger partial charge in [0, 0.05) is 26.4 Å². The van der Waals surface area contributed by atoms with Gasteiger partial charge in [0.05, 0.1) is 24.3 Å². The van der Waals surface area contributed by atoms with Gasteiger partial charge in [-0.25, -0.2) is 4.98 Å². The van der Waals surface area contributed by atoms with Crippen molar-refractivity contribution in [2.45, 2.75) is 25.8 Å². The van der Waals surface area contributed by atoms with Gasteiger partial charge in [0.25, 0.3) is 0 Å². The molecule has 104 valence electrons. The molecule has 1 aromatic heterocycles. The third kappa shape index (κ3) is 2.59. The van der Waals surface area contributed by atoms with E-state index in [1.165, 1.54) is 11.3 Å². The average Bonchev–Trinajstić information content (AvgIpc) is 2.87. The summed E-state index contributed by atoms with van der Waals surface area (Å²) in [6.45, 7) is 1.48. The lowest BCUT2D eigenvalue weighted by atomic mass is 10.1. The summed E-state index contributed by atoms with van der Waals surface area (Å²) < 4.78 is 2.02. The molecule has 1 aromatic carbocycles. The number of fused-ring (bicyclic) bond motifs is 1. The molecule has 0 saturated carbocycles. The molecule has 20 heavy (non-hydrogen) atoms. The second-order valence-corrected chi connectivity index (χ2v) is 5.30. The molecule has 2 aromatic rings. The summed E-state index contributed by atoms with van der Waals surface area (Å²) in [5, 5.41) is 0. The van der Waals surface area contributed by atoms with E-state index >= 15 is 0 Å². The molecule has 0 aliphatic carbocycles. The molecule has 1 aliphatic heterocycles. The molecule has 1 amide bonds. The van der Waals surface area contributed by atoms with Crippen molar-refractivity contribution in [1.29, 1.82) is 0 Å². The number of carbonyl (C=O) groups excluding carboxylic acids is 1. The summed E-state index contributed by atoms with van der Waals surface area (Å²) in [5.74, 6) is 0.237. The van der Waals surface area contributed by atoms with E-state index in [9.17, 15) is 4.79 Å². The molecule has 4 nitrogen and oxygen atoms in total. The highest BCUT2D eigenvalue weighted by atomic mass is 16.2. The van der Waals surface area contributed by atoms with Crippen molar-refractivity contribution in [1.82, 2.24) is 14.5 Å². The highest BCUT2D eigenvalue weighted by Crippen LogP contribution is 2.18. The zero-order valence-corrected chi connectivity index (χ0v) is 11.7. The fourth-order valence-corrected chi connectivity index (χ4v) is 2.68. The number of hydrogen-bond donors (Lipinski definition) is 0. The van der Waals surface area contributed by atoms with E-state index in [2.05, 4.69) is 17.1 Å². The molecule has 4 heteroatoms. The van der Waals surface area contributed by atoms with Gasteiger partial charge in [0.1, 0.15) is 0 Å². The number of aryl methyl sites for hydroxylation is 2. The Balaban J connectivity index is 1.60. The molecule has 0 N–H and O–H groups in total. The minimum Gasteiger partial charge on any atom is -0.336 e. The SMILES string of the molecule is Cn1cnc2c1CN(C(=O)CCc1ccccc1)CC2. The van der Waals surface area contributed by atoms with Crippen LogP contribution < -0.4 is 0 Å². The van der Waals surface area contributed by atoms with Gasteiger partial charge < -0.3 is 9.47 Å². The lowest BCUT2D eigenvalue weighted by Crippen LogP contribution is -2.36. The number of rotatable bonds is 3. The number of imidazole rings is 1. The van der Waals surface area contributed by atoms with Crippen LogP contribution in [0.15, 0.2) is 36.7 Å². The summed E-state index contributed by atoms with van der Waals surface area (Å²) in [5.41, 5.74) is 3.53. The minimum atomic E-state index is 0.237. The van der Waals surface area contributed by atoms with Crippen LogP contribution in [0.1, 0.15) is 23.4 Å². The molecule has 0 fully saturated rings. The lowest BCUT2D eigenvalue weighted by Gasteiger charge is -2.27. The van der Waals surface area contributed by atoms with E-state index < -0.39 is 0 Å². The fourth-order valence-electron chi connectivity index (χ4n) is 2.68. The van der Waals surface area contributed by atoms with E-state index in [1.807, 2.05) is 41.0 Å². The van der Waals surface area contributed by atoms with Gasteiger partial charge in [0.2, 0.25) is 5.91 Å². The van der Waals surface area contributed by atoms with Crippen LogP contribution in [0.4, 0.5) is 0 Å². The van der Waals surface area contributed by atoms with Gasteiger partial charge in [-0.05, 0) is 12.0 Å². The van der Waals surface area contributed by atoms with E-state index in [-0.39, 0.29) is 5.91 Å². The number of amides is 1. The van der Waals surface area contributed by atoms with Gasteiger partial charge in [-0.1, -0.05) is 30.3 Å². The molecule has 1 aliphatic rings. The van der Waals surface area contributed by atoms with E-state index in [1.54, 1.807) is 0 Å². The second kappa shape index (κ2) is 5.49. The molecule has 0 saturated heterocycles. The smallest absolute Gasteiger partial charge is 0.223 e. The van der Waals surface area contributed by atoms with Gasteiger partial charge in [0.15, 0.2) is 0 Å². The average molecular weight is 269 g/mol. The van der Waals surface area contributed by atoms with Crippen LogP contribution in [0.2, 0.25) is 0 Å². The molecule has 0 unspecified atom stereocenters. The predicted octanol–water partition coefficient (Wildman–Crippen LogP) is 1.94. The first-order valence-electron chi connectivity index (χ1n) is 7.05. The van der Waals surface area contributed by atoms with Crippen LogP contribution in [0.25, 0.3) is 0 Å². The molecule has 0 bridgehead atoms. The Labute approximate surface area is 119 Å². The van der Waals surface area contributed by atoms with Crippen molar-refractivity contribution in [3.63, 3.8) is 0 Å². The Morgan fingerprint density at radius 1 is 1.30 bits per heavy atom. The van der Waals surface area contributed by atoms with Crippen molar-refractivity contribution in [2.24, 2.45) is 7.05 Å². The largest absolute Gasteiger partial charge is 0.336 e. The summed E-state index contributed by atoms with van der Waals surface area (Å²) in [7, 11) is 1.99. The monoisotopic (exact) mass is 269 g/mol. The molecule has 0 atom stereocenters. The third-order valence-corrected chi connectivity index (χ3v) is 3.93. The van der Waals surface area contributed by atoms with Crippen molar-refractivity contribution in [3.8, 4) is 0 Å². The molecule has 3 rings (SSSR count). The fraction of sp³-hybridized carbons (Fsp3) is 0.375. The van der Waals surface area contributed by atoms with Crippen LogP contribution in [-0.2, 0) is 31.2 Å². The zero-order valence-electron chi connectivity index (χ0n) is 11.7. The highest BCUT2D eigenvalue weighted by molar-refractivity contribution is 5.76. The van der Waals surface area contributed by atoms with Crippen LogP contribution in [0.3, 0.4) is 0 Å². The van der Waals surface area contributed by atoms with Gasteiger partial charge in [-0.15, -0.1) is 0 Å². The number of benzene rings is 1. The van der Waals surface area contributed by atoms with Gasteiger partial charge in [-0.3, -0.25) is 4.79 Å². The highest BCUT2D eigenvalue weighted by Gasteiger charge is 2.23. The molecule has 2 heterocycles. The van der Waals surface area contributed by atoms with E-state index in [0.717, 1.165) is 25.1 Å². The summed E-state index contributed by atoms with van der Waals surface area (Å²) in [6, 6.07) is 10.2. The molecule has 0 radical (unpaired) electrons. The maximum Gasteiger partial charge on any atom is 0.223 e. The Morgan fingerprint density at radius 3 is 2.90 bits per heavy atom. The quantitative estimate of drug-likeness (QED) is 0.854. The van der Waals surface area contributed by atoms with E-state index in [4.69, 9.17) is 0 Å². The van der Waals surface area contributed by atoms with Crippen LogP contribution in [-0.4, -0.2) is 26.9 Å². The summed E-state index contributed by atoms with van der Waals surface area (Å²) in [6.07, 6.45) is 4.10. The van der Waals surface area contributed by atoms with Crippen molar-refractivity contribution >= 4 is 5.91 Å². The Hall–Kier alpha value is -2.10. The zero-order chi connectivity index (χ0) is 13.9. The number of carbonyl (C=O) groups is 1. The van der Waals surface area contributed by atoms with Gasteiger partial charge >= 0.3 is 0 Å². The standard InChI is InChI=1S/C16H19N3O/c1-18-12-17-14-9-10-19(11-15(14)18)16(20)8-7-13-5-3-2-4-6-13/h2-6,12H,7-11H2,1H3. The molecular formula is C16H19N3O. The Morgan fingerprint density at radius 2 is 2.10 bits per heavy atom. The molecule has 0 spiro atoms. The topological polar surface area (TPSA) is 38.1 Å². The normalized spacial score (nSPS) is 14.2. The first-order chi connectivity index (χ1) is 9.74. The van der Waals surface area contributed by atoms with Gasteiger partial charge in [-0.2, -0.15) is 0 Å². The van der Waals surface area contributed by atoms with Crippen molar-refractivity contribution < 1.29 is 4.79 Å². The van der Waals surface area contributed by atoms with Crippen molar-refractivity contribution in [2.75, 3.05) is 6.54 Å². The lowest BCUT2D eigenvalue weighted by molar-refractivity contribution is -0.132. The number of hydrogen-bond acceptors (Lipinski definition) is 2. The minimum absolute atomic E-state index is 0.237. The number of nitrogens with zero attached hydrogens (tertiary/aromatic N) is 3.